The molecule has 1 aromatic rings. The monoisotopic (exact) mass is 294 g/mol. The van der Waals surface area contributed by atoms with Gasteiger partial charge in [-0.05, 0) is 43.4 Å². The summed E-state index contributed by atoms with van der Waals surface area (Å²) in [5.74, 6) is 0.651. The molecule has 0 bridgehead atoms. The van der Waals surface area contributed by atoms with Gasteiger partial charge in [-0.3, -0.25) is 4.79 Å². The summed E-state index contributed by atoms with van der Waals surface area (Å²) in [4.78, 5) is 12.0. The zero-order valence-corrected chi connectivity index (χ0v) is 13.0. The van der Waals surface area contributed by atoms with Crippen molar-refractivity contribution in [2.24, 2.45) is 5.92 Å². The third-order valence-corrected chi connectivity index (χ3v) is 4.59. The van der Waals surface area contributed by atoms with E-state index in [0.29, 0.717) is 23.5 Å². The van der Waals surface area contributed by atoms with E-state index in [9.17, 15) is 4.79 Å². The quantitative estimate of drug-likeness (QED) is 0.888. The van der Waals surface area contributed by atoms with Crippen molar-refractivity contribution in [3.63, 3.8) is 0 Å². The van der Waals surface area contributed by atoms with E-state index < -0.39 is 0 Å². The van der Waals surface area contributed by atoms with Crippen molar-refractivity contribution < 1.29 is 4.79 Å². The highest BCUT2D eigenvalue weighted by Gasteiger charge is 2.21. The highest BCUT2D eigenvalue weighted by molar-refractivity contribution is 6.31. The van der Waals surface area contributed by atoms with Gasteiger partial charge in [0.05, 0.1) is 6.54 Å². The first-order valence-corrected chi connectivity index (χ1v) is 7.74. The van der Waals surface area contributed by atoms with Gasteiger partial charge in [0.25, 0.3) is 0 Å². The Labute approximate surface area is 126 Å². The summed E-state index contributed by atoms with van der Waals surface area (Å²) in [5.41, 5.74) is 1.70. The van der Waals surface area contributed by atoms with Crippen LogP contribution in [0, 0.1) is 12.8 Å². The standard InChI is InChI=1S/C16H23ClN2O/c1-11-6-3-4-8-14(11)18-10-16(20)19-15-9-5-7-13(17)12(15)2/h5,7,9,11,14,18H,3-4,6,8,10H2,1-2H3,(H,19,20). The smallest absolute Gasteiger partial charge is 0.238 e. The molecule has 0 aromatic heterocycles. The highest BCUT2D eigenvalue weighted by atomic mass is 35.5. The summed E-state index contributed by atoms with van der Waals surface area (Å²) in [6.45, 7) is 4.53. The second kappa shape index (κ2) is 7.09. The minimum atomic E-state index is -0.00635. The molecule has 0 heterocycles. The van der Waals surface area contributed by atoms with Gasteiger partial charge < -0.3 is 10.6 Å². The van der Waals surface area contributed by atoms with Crippen LogP contribution in [0.25, 0.3) is 0 Å². The first-order chi connectivity index (χ1) is 9.58. The summed E-state index contributed by atoms with van der Waals surface area (Å²) >= 11 is 6.05. The van der Waals surface area contributed by atoms with Crippen molar-refractivity contribution in [3.05, 3.63) is 28.8 Å². The molecule has 1 aliphatic carbocycles. The SMILES string of the molecule is Cc1c(Cl)cccc1NC(=O)CNC1CCCCC1C. The second-order valence-electron chi connectivity index (χ2n) is 5.71. The first kappa shape index (κ1) is 15.3. The molecule has 0 saturated heterocycles. The number of rotatable bonds is 4. The average molecular weight is 295 g/mol. The summed E-state index contributed by atoms with van der Waals surface area (Å²) in [6.07, 6.45) is 5.00. The average Bonchev–Trinajstić information content (AvgIpc) is 2.43. The Kier molecular flexibility index (Phi) is 5.44. The lowest BCUT2D eigenvalue weighted by Crippen LogP contribution is -2.41. The molecule has 2 atom stereocenters. The zero-order chi connectivity index (χ0) is 14.5. The number of benzene rings is 1. The molecule has 1 saturated carbocycles. The van der Waals surface area contributed by atoms with E-state index in [1.54, 1.807) is 0 Å². The lowest BCUT2D eigenvalue weighted by Gasteiger charge is -2.29. The van der Waals surface area contributed by atoms with Crippen LogP contribution in [0.15, 0.2) is 18.2 Å². The van der Waals surface area contributed by atoms with Crippen LogP contribution in [0.5, 0.6) is 0 Å². The number of hydrogen-bond donors (Lipinski definition) is 2. The molecule has 110 valence electrons. The fourth-order valence-electron chi connectivity index (χ4n) is 2.78. The topological polar surface area (TPSA) is 41.1 Å². The Bertz CT molecular complexity index is 476. The number of hydrogen-bond acceptors (Lipinski definition) is 2. The van der Waals surface area contributed by atoms with Crippen molar-refractivity contribution in [2.75, 3.05) is 11.9 Å². The van der Waals surface area contributed by atoms with Gasteiger partial charge in [0, 0.05) is 16.8 Å². The molecule has 1 amide bonds. The van der Waals surface area contributed by atoms with Crippen molar-refractivity contribution in [3.8, 4) is 0 Å². The summed E-state index contributed by atoms with van der Waals surface area (Å²) < 4.78 is 0. The minimum Gasteiger partial charge on any atom is -0.325 e. The van der Waals surface area contributed by atoms with Crippen LogP contribution in [0.3, 0.4) is 0 Å². The molecular formula is C16H23ClN2O. The highest BCUT2D eigenvalue weighted by Crippen LogP contribution is 2.24. The van der Waals surface area contributed by atoms with Gasteiger partial charge in [0.2, 0.25) is 5.91 Å². The third-order valence-electron chi connectivity index (χ3n) is 4.18. The van der Waals surface area contributed by atoms with E-state index >= 15 is 0 Å². The van der Waals surface area contributed by atoms with E-state index in [0.717, 1.165) is 11.3 Å². The third kappa shape index (κ3) is 3.97. The predicted octanol–water partition coefficient (Wildman–Crippen LogP) is 3.76. The molecule has 0 radical (unpaired) electrons. The van der Waals surface area contributed by atoms with Crippen LogP contribution in [-0.2, 0) is 4.79 Å². The number of nitrogens with one attached hydrogen (secondary N) is 2. The minimum absolute atomic E-state index is 0.00635. The van der Waals surface area contributed by atoms with Crippen LogP contribution in [0.1, 0.15) is 38.2 Å². The summed E-state index contributed by atoms with van der Waals surface area (Å²) in [5, 5.41) is 6.98. The molecule has 1 aromatic carbocycles. The molecule has 2 N–H and O–H groups in total. The van der Waals surface area contributed by atoms with E-state index in [2.05, 4.69) is 17.6 Å². The normalized spacial score (nSPS) is 22.6. The van der Waals surface area contributed by atoms with E-state index in [4.69, 9.17) is 11.6 Å². The first-order valence-electron chi connectivity index (χ1n) is 7.36. The predicted molar refractivity (Wildman–Crippen MR) is 84.2 cm³/mol. The Balaban J connectivity index is 1.85. The number of anilines is 1. The molecule has 1 aliphatic rings. The fraction of sp³-hybridized carbons (Fsp3) is 0.562. The van der Waals surface area contributed by atoms with Crippen molar-refractivity contribution >= 4 is 23.2 Å². The maximum atomic E-state index is 12.0. The lowest BCUT2D eigenvalue weighted by molar-refractivity contribution is -0.115. The Morgan fingerprint density at radius 3 is 2.85 bits per heavy atom. The second-order valence-corrected chi connectivity index (χ2v) is 6.12. The number of carbonyl (C=O) groups excluding carboxylic acids is 1. The number of carbonyl (C=O) groups is 1. The van der Waals surface area contributed by atoms with Gasteiger partial charge >= 0.3 is 0 Å². The van der Waals surface area contributed by atoms with E-state index in [1.165, 1.54) is 25.7 Å². The molecule has 2 unspecified atom stereocenters. The van der Waals surface area contributed by atoms with Crippen LogP contribution in [-0.4, -0.2) is 18.5 Å². The van der Waals surface area contributed by atoms with Gasteiger partial charge in [-0.15, -0.1) is 0 Å². The largest absolute Gasteiger partial charge is 0.325 e. The van der Waals surface area contributed by atoms with E-state index in [-0.39, 0.29) is 5.91 Å². The summed E-state index contributed by atoms with van der Waals surface area (Å²) in [6, 6.07) is 6.02. The van der Waals surface area contributed by atoms with Gasteiger partial charge in [0.1, 0.15) is 0 Å². The van der Waals surface area contributed by atoms with E-state index in [1.807, 2.05) is 25.1 Å². The maximum Gasteiger partial charge on any atom is 0.238 e. The molecular weight excluding hydrogens is 272 g/mol. The maximum absolute atomic E-state index is 12.0. The van der Waals surface area contributed by atoms with Crippen LogP contribution in [0.2, 0.25) is 5.02 Å². The Morgan fingerprint density at radius 1 is 1.35 bits per heavy atom. The number of amides is 1. The fourth-order valence-corrected chi connectivity index (χ4v) is 2.96. The lowest BCUT2D eigenvalue weighted by atomic mass is 9.86. The van der Waals surface area contributed by atoms with Crippen LogP contribution in [0.4, 0.5) is 5.69 Å². The molecule has 2 rings (SSSR count). The van der Waals surface area contributed by atoms with Crippen LogP contribution < -0.4 is 10.6 Å². The van der Waals surface area contributed by atoms with Gasteiger partial charge in [0.15, 0.2) is 0 Å². The Morgan fingerprint density at radius 2 is 2.10 bits per heavy atom. The van der Waals surface area contributed by atoms with Crippen molar-refractivity contribution in [1.29, 1.82) is 0 Å². The van der Waals surface area contributed by atoms with Gasteiger partial charge in [-0.2, -0.15) is 0 Å². The summed E-state index contributed by atoms with van der Waals surface area (Å²) in [7, 11) is 0. The zero-order valence-electron chi connectivity index (χ0n) is 12.2. The molecule has 0 spiro atoms. The van der Waals surface area contributed by atoms with Crippen LogP contribution >= 0.6 is 11.6 Å². The molecule has 0 aliphatic heterocycles. The molecule has 3 nitrogen and oxygen atoms in total. The van der Waals surface area contributed by atoms with Crippen molar-refractivity contribution in [2.45, 2.75) is 45.6 Å². The van der Waals surface area contributed by atoms with Gasteiger partial charge in [-0.25, -0.2) is 0 Å². The molecule has 4 heteroatoms. The van der Waals surface area contributed by atoms with Gasteiger partial charge in [-0.1, -0.05) is 37.4 Å². The molecule has 1 fully saturated rings. The Hall–Kier alpha value is -1.06. The van der Waals surface area contributed by atoms with Crippen molar-refractivity contribution in [1.82, 2.24) is 5.32 Å². The molecule has 20 heavy (non-hydrogen) atoms. The number of halogens is 1.